The molecule has 1 aromatic carbocycles. The van der Waals surface area contributed by atoms with Crippen LogP contribution < -0.4 is 20.9 Å². The van der Waals surface area contributed by atoms with Crippen molar-refractivity contribution in [2.24, 2.45) is 7.05 Å². The van der Waals surface area contributed by atoms with E-state index in [0.717, 1.165) is 17.3 Å². The fraction of sp³-hybridized carbons (Fsp3) is 0.300. The van der Waals surface area contributed by atoms with Crippen LogP contribution in [-0.2, 0) is 16.6 Å². The zero-order valence-electron chi connectivity index (χ0n) is 23.9. The summed E-state index contributed by atoms with van der Waals surface area (Å²) in [5.41, 5.74) is 2.49. The van der Waals surface area contributed by atoms with Crippen molar-refractivity contribution >= 4 is 57.4 Å². The number of aromatic nitrogens is 4. The number of hydrogen-bond acceptors (Lipinski definition) is 8. The Morgan fingerprint density at radius 2 is 1.69 bits per heavy atom. The van der Waals surface area contributed by atoms with E-state index in [4.69, 9.17) is 21.9 Å². The molecule has 0 aliphatic carbocycles. The Morgan fingerprint density at radius 1 is 1.00 bits per heavy atom. The van der Waals surface area contributed by atoms with Crippen molar-refractivity contribution in [1.82, 2.24) is 18.7 Å². The predicted octanol–water partition coefficient (Wildman–Crippen LogP) is 3.82. The molecule has 1 amide bonds. The first-order valence-electron chi connectivity index (χ1n) is 13.6. The van der Waals surface area contributed by atoms with E-state index in [2.05, 4.69) is 0 Å². The number of pyridine rings is 1. The van der Waals surface area contributed by atoms with Gasteiger partial charge in [-0.1, -0.05) is 48.2 Å². The zero-order valence-corrected chi connectivity index (χ0v) is 25.5. The SMILES string of the molecule is Cc1ccc2nc(N3CC(C)OC(C)C3)c(/C=C3/SC(=S)N(c4c(C)n(C)n(-c5ccccc5)c4=O)C3=O)c(=O)n2c1. The van der Waals surface area contributed by atoms with E-state index in [1.54, 1.807) is 30.9 Å². The third-order valence-corrected chi connectivity index (χ3v) is 8.82. The Bertz CT molecular complexity index is 1900. The van der Waals surface area contributed by atoms with Crippen molar-refractivity contribution in [2.45, 2.75) is 39.9 Å². The Morgan fingerprint density at radius 3 is 2.38 bits per heavy atom. The molecule has 2 aliphatic heterocycles. The van der Waals surface area contributed by atoms with E-state index < -0.39 is 5.91 Å². The van der Waals surface area contributed by atoms with E-state index in [1.807, 2.05) is 68.1 Å². The molecule has 0 saturated carbocycles. The second-order valence-electron chi connectivity index (χ2n) is 10.7. The normalized spacial score (nSPS) is 20.4. The minimum absolute atomic E-state index is 0.0640. The summed E-state index contributed by atoms with van der Waals surface area (Å²) in [5, 5.41) is 0. The molecule has 2 atom stereocenters. The van der Waals surface area contributed by atoms with Crippen LogP contribution in [0.25, 0.3) is 17.4 Å². The molecule has 216 valence electrons. The average molecular weight is 603 g/mol. The van der Waals surface area contributed by atoms with Gasteiger partial charge >= 0.3 is 0 Å². The molecule has 6 rings (SSSR count). The van der Waals surface area contributed by atoms with Crippen molar-refractivity contribution in [3.8, 4) is 5.69 Å². The van der Waals surface area contributed by atoms with Gasteiger partial charge in [0.05, 0.1) is 34.1 Å². The standard InChI is InChI=1S/C30H30N6O4S2/c1-17-11-12-24-31-26(33-15-18(2)40-19(3)16-33)22(27(37)34(24)14-17)13-23-28(38)35(30(41)42-23)25-20(4)32(5)36(29(25)39)21-9-7-6-8-10-21/h6-14,18-19H,15-16H2,1-5H3/b23-13+. The van der Waals surface area contributed by atoms with E-state index >= 15 is 0 Å². The Kier molecular flexibility index (Phi) is 7.16. The number of ether oxygens (including phenoxy) is 1. The van der Waals surface area contributed by atoms with E-state index in [0.29, 0.717) is 35.9 Å². The van der Waals surface area contributed by atoms with Crippen molar-refractivity contribution in [3.63, 3.8) is 0 Å². The number of para-hydroxylation sites is 1. The number of morpholine rings is 1. The molecule has 4 aromatic rings. The molecule has 0 N–H and O–H groups in total. The van der Waals surface area contributed by atoms with Gasteiger partial charge in [-0.3, -0.25) is 28.4 Å². The lowest BCUT2D eigenvalue weighted by atomic mass is 10.1. The highest BCUT2D eigenvalue weighted by Gasteiger charge is 2.38. The quantitative estimate of drug-likeness (QED) is 0.257. The number of nitrogens with zero attached hydrogens (tertiary/aromatic N) is 6. The van der Waals surface area contributed by atoms with Gasteiger partial charge in [-0.25, -0.2) is 9.67 Å². The first-order chi connectivity index (χ1) is 20.0. The topological polar surface area (TPSA) is 94.1 Å². The van der Waals surface area contributed by atoms with Crippen molar-refractivity contribution in [1.29, 1.82) is 0 Å². The number of benzene rings is 1. The predicted molar refractivity (Wildman–Crippen MR) is 170 cm³/mol. The molecule has 5 heterocycles. The monoisotopic (exact) mass is 602 g/mol. The summed E-state index contributed by atoms with van der Waals surface area (Å²) in [5.74, 6) is 0.0258. The van der Waals surface area contributed by atoms with Gasteiger partial charge in [0.1, 0.15) is 17.2 Å². The van der Waals surface area contributed by atoms with Gasteiger partial charge in [-0.05, 0) is 57.5 Å². The third kappa shape index (κ3) is 4.69. The summed E-state index contributed by atoms with van der Waals surface area (Å²) in [6.45, 7) is 8.73. The molecule has 2 aliphatic rings. The molecule has 2 saturated heterocycles. The molecule has 10 nitrogen and oxygen atoms in total. The number of thiocarbonyl (C=S) groups is 1. The number of anilines is 2. The summed E-state index contributed by atoms with van der Waals surface area (Å²) in [4.78, 5) is 50.0. The van der Waals surface area contributed by atoms with Gasteiger partial charge < -0.3 is 9.64 Å². The van der Waals surface area contributed by atoms with Gasteiger partial charge in [0, 0.05) is 26.3 Å². The van der Waals surface area contributed by atoms with Crippen molar-refractivity contribution < 1.29 is 9.53 Å². The van der Waals surface area contributed by atoms with Crippen LogP contribution >= 0.6 is 24.0 Å². The van der Waals surface area contributed by atoms with Gasteiger partial charge in [0.2, 0.25) is 0 Å². The highest BCUT2D eigenvalue weighted by atomic mass is 32.2. The highest BCUT2D eigenvalue weighted by molar-refractivity contribution is 8.27. The Labute approximate surface area is 251 Å². The molecule has 2 fully saturated rings. The summed E-state index contributed by atoms with van der Waals surface area (Å²) in [6.07, 6.45) is 3.18. The summed E-state index contributed by atoms with van der Waals surface area (Å²) < 4.78 is 10.9. The number of carbonyl (C=O) groups is 1. The lowest BCUT2D eigenvalue weighted by Crippen LogP contribution is -2.46. The van der Waals surface area contributed by atoms with E-state index in [1.165, 1.54) is 14.0 Å². The molecule has 2 unspecified atom stereocenters. The summed E-state index contributed by atoms with van der Waals surface area (Å²) in [6, 6.07) is 12.9. The molecular weight excluding hydrogens is 573 g/mol. The average Bonchev–Trinajstić information content (AvgIpc) is 3.34. The number of thioether (sulfide) groups is 1. The molecule has 0 spiro atoms. The van der Waals surface area contributed by atoms with Crippen LogP contribution in [0.5, 0.6) is 0 Å². The van der Waals surface area contributed by atoms with Gasteiger partial charge in [0.15, 0.2) is 4.32 Å². The number of carbonyl (C=O) groups excluding carboxylic acids is 1. The van der Waals surface area contributed by atoms with E-state index in [9.17, 15) is 14.4 Å². The maximum atomic E-state index is 13.9. The number of amides is 1. The van der Waals surface area contributed by atoms with Gasteiger partial charge in [-0.15, -0.1) is 0 Å². The van der Waals surface area contributed by atoms with Crippen LogP contribution in [0.4, 0.5) is 11.5 Å². The van der Waals surface area contributed by atoms with Crippen LogP contribution in [0.2, 0.25) is 0 Å². The lowest BCUT2D eigenvalue weighted by molar-refractivity contribution is -0.113. The number of aryl methyl sites for hydroxylation is 1. The second-order valence-corrected chi connectivity index (χ2v) is 12.4. The largest absolute Gasteiger partial charge is 0.372 e. The minimum atomic E-state index is -0.459. The number of hydrogen-bond donors (Lipinski definition) is 0. The van der Waals surface area contributed by atoms with Crippen molar-refractivity contribution in [2.75, 3.05) is 22.9 Å². The first kappa shape index (κ1) is 28.1. The van der Waals surface area contributed by atoms with E-state index in [-0.39, 0.29) is 43.8 Å². The van der Waals surface area contributed by atoms with Gasteiger partial charge in [-0.2, -0.15) is 0 Å². The molecule has 0 radical (unpaired) electrons. The number of fused-ring (bicyclic) bond motifs is 1. The Balaban J connectivity index is 1.48. The number of rotatable bonds is 4. The smallest absolute Gasteiger partial charge is 0.296 e. The fourth-order valence-electron chi connectivity index (χ4n) is 5.57. The molecular formula is C30H30N6O4S2. The maximum absolute atomic E-state index is 13.9. The van der Waals surface area contributed by atoms with Crippen LogP contribution in [0.15, 0.2) is 63.2 Å². The summed E-state index contributed by atoms with van der Waals surface area (Å²) in [7, 11) is 1.76. The zero-order chi connectivity index (χ0) is 29.9. The highest BCUT2D eigenvalue weighted by Crippen LogP contribution is 2.37. The van der Waals surface area contributed by atoms with Gasteiger partial charge in [0.25, 0.3) is 17.0 Å². The maximum Gasteiger partial charge on any atom is 0.296 e. The molecule has 3 aromatic heterocycles. The van der Waals surface area contributed by atoms with Crippen LogP contribution in [0.3, 0.4) is 0 Å². The van der Waals surface area contributed by atoms with Crippen LogP contribution in [0.1, 0.15) is 30.7 Å². The Hall–Kier alpha value is -4.00. The fourth-order valence-corrected chi connectivity index (χ4v) is 6.82. The van der Waals surface area contributed by atoms with Crippen LogP contribution in [0, 0.1) is 13.8 Å². The summed E-state index contributed by atoms with van der Waals surface area (Å²) >= 11 is 6.71. The van der Waals surface area contributed by atoms with Crippen LogP contribution in [-0.4, -0.2) is 54.3 Å². The molecule has 0 bridgehead atoms. The molecule has 42 heavy (non-hydrogen) atoms. The first-order valence-corrected chi connectivity index (χ1v) is 14.8. The van der Waals surface area contributed by atoms with Crippen molar-refractivity contribution in [3.05, 3.63) is 91.1 Å². The second kappa shape index (κ2) is 10.7. The minimum Gasteiger partial charge on any atom is -0.372 e. The third-order valence-electron chi connectivity index (χ3n) is 7.52. The lowest BCUT2D eigenvalue weighted by Gasteiger charge is -2.36. The molecule has 12 heteroatoms.